The van der Waals surface area contributed by atoms with Crippen LogP contribution < -0.4 is 5.73 Å². The van der Waals surface area contributed by atoms with Crippen LogP contribution in [0.25, 0.3) is 0 Å². The summed E-state index contributed by atoms with van der Waals surface area (Å²) < 4.78 is 0. The molecule has 0 aromatic heterocycles. The molecule has 19 heavy (non-hydrogen) atoms. The number of carbonyl (C=O) groups excluding carboxylic acids is 1. The first kappa shape index (κ1) is 12.9. The second-order valence-corrected chi connectivity index (χ2v) is 7.11. The summed E-state index contributed by atoms with van der Waals surface area (Å²) in [4.78, 5) is 13.9. The molecule has 0 aromatic rings. The molecule has 104 valence electrons. The third-order valence-electron chi connectivity index (χ3n) is 5.70. The van der Waals surface area contributed by atoms with E-state index >= 15 is 0 Å². The van der Waals surface area contributed by atoms with Crippen molar-refractivity contribution in [3.8, 4) is 6.07 Å². The maximum atomic E-state index is 12.4. The smallest absolute Gasteiger partial charge is 0.240 e. The van der Waals surface area contributed by atoms with E-state index in [1.165, 1.54) is 24.2 Å². The van der Waals surface area contributed by atoms with Crippen LogP contribution in [0, 0.1) is 34.5 Å². The van der Waals surface area contributed by atoms with Gasteiger partial charge in [0.05, 0.1) is 12.1 Å². The zero-order chi connectivity index (χ0) is 13.6. The fourth-order valence-electron chi connectivity index (χ4n) is 5.24. The quantitative estimate of drug-likeness (QED) is 0.783. The minimum absolute atomic E-state index is 0.0373. The van der Waals surface area contributed by atoms with E-state index in [1.54, 1.807) is 7.05 Å². The van der Waals surface area contributed by atoms with Gasteiger partial charge in [-0.1, -0.05) is 0 Å². The summed E-state index contributed by atoms with van der Waals surface area (Å²) in [5.74, 6) is 2.35. The van der Waals surface area contributed by atoms with Gasteiger partial charge < -0.3 is 10.6 Å². The van der Waals surface area contributed by atoms with E-state index in [1.807, 2.05) is 6.07 Å². The number of nitrogens with two attached hydrogens (primary N) is 1. The highest BCUT2D eigenvalue weighted by molar-refractivity contribution is 5.82. The highest BCUT2D eigenvalue weighted by atomic mass is 16.2. The Hall–Kier alpha value is -1.08. The van der Waals surface area contributed by atoms with Gasteiger partial charge in [-0.2, -0.15) is 5.26 Å². The standard InChI is InChI=1S/C15H23N3O/c1-18(3-2-16)14(19)13(17)15-7-10-4-11(8-15)6-12(5-10)9-15/h10-13H,3-9,17H2,1H3. The highest BCUT2D eigenvalue weighted by Crippen LogP contribution is 2.61. The van der Waals surface area contributed by atoms with Crippen molar-refractivity contribution < 1.29 is 4.79 Å². The maximum Gasteiger partial charge on any atom is 0.240 e. The summed E-state index contributed by atoms with van der Waals surface area (Å²) in [6.07, 6.45) is 7.46. The molecule has 4 bridgehead atoms. The zero-order valence-corrected chi connectivity index (χ0v) is 11.6. The average molecular weight is 261 g/mol. The lowest BCUT2D eigenvalue weighted by molar-refractivity contribution is -0.141. The predicted molar refractivity (Wildman–Crippen MR) is 71.8 cm³/mol. The van der Waals surface area contributed by atoms with Gasteiger partial charge in [0, 0.05) is 7.05 Å². The number of nitrogens with zero attached hydrogens (tertiary/aromatic N) is 2. The normalized spacial score (nSPS) is 40.8. The van der Waals surface area contributed by atoms with Crippen LogP contribution in [0.2, 0.25) is 0 Å². The van der Waals surface area contributed by atoms with Crippen LogP contribution in [0.1, 0.15) is 38.5 Å². The fourth-order valence-corrected chi connectivity index (χ4v) is 5.24. The van der Waals surface area contributed by atoms with E-state index in [-0.39, 0.29) is 17.9 Å². The molecule has 0 aliphatic heterocycles. The molecule has 0 spiro atoms. The van der Waals surface area contributed by atoms with Crippen LogP contribution >= 0.6 is 0 Å². The van der Waals surface area contributed by atoms with Gasteiger partial charge in [-0.3, -0.25) is 4.79 Å². The average Bonchev–Trinajstić information content (AvgIpc) is 2.35. The minimum atomic E-state index is -0.403. The number of carbonyl (C=O) groups is 1. The van der Waals surface area contributed by atoms with Crippen LogP contribution in [0.5, 0.6) is 0 Å². The number of likely N-dealkylation sites (N-methyl/N-ethyl adjacent to an activating group) is 1. The number of hydrogen-bond donors (Lipinski definition) is 1. The van der Waals surface area contributed by atoms with Crippen molar-refractivity contribution in [3.63, 3.8) is 0 Å². The van der Waals surface area contributed by atoms with E-state index in [4.69, 9.17) is 11.0 Å². The van der Waals surface area contributed by atoms with E-state index in [0.29, 0.717) is 0 Å². The molecule has 2 N–H and O–H groups in total. The first-order chi connectivity index (χ1) is 9.04. The van der Waals surface area contributed by atoms with Crippen LogP contribution in [0.15, 0.2) is 0 Å². The SMILES string of the molecule is CN(CC#N)C(=O)C(N)C12CC3CC(CC(C3)C1)C2. The summed E-state index contributed by atoms with van der Waals surface area (Å²) in [7, 11) is 1.69. The second-order valence-electron chi connectivity index (χ2n) is 7.11. The molecule has 4 nitrogen and oxygen atoms in total. The zero-order valence-electron chi connectivity index (χ0n) is 11.6. The second kappa shape index (κ2) is 4.49. The van der Waals surface area contributed by atoms with Crippen LogP contribution in [-0.2, 0) is 4.79 Å². The number of rotatable bonds is 3. The minimum Gasteiger partial charge on any atom is -0.331 e. The van der Waals surface area contributed by atoms with Gasteiger partial charge in [0.1, 0.15) is 6.54 Å². The van der Waals surface area contributed by atoms with Gasteiger partial charge in [0.15, 0.2) is 0 Å². The third kappa shape index (κ3) is 2.04. The number of hydrogen-bond acceptors (Lipinski definition) is 3. The lowest BCUT2D eigenvalue weighted by Gasteiger charge is -2.58. The maximum absolute atomic E-state index is 12.4. The van der Waals surface area contributed by atoms with Crippen molar-refractivity contribution in [1.29, 1.82) is 5.26 Å². The van der Waals surface area contributed by atoms with E-state index < -0.39 is 6.04 Å². The molecule has 0 aromatic carbocycles. The number of nitriles is 1. The molecule has 0 heterocycles. The lowest BCUT2D eigenvalue weighted by atomic mass is 9.47. The van der Waals surface area contributed by atoms with Crippen molar-refractivity contribution in [3.05, 3.63) is 0 Å². The lowest BCUT2D eigenvalue weighted by Crippen LogP contribution is -2.59. The summed E-state index contributed by atoms with van der Waals surface area (Å²) in [6.45, 7) is 0.138. The molecule has 1 unspecified atom stereocenters. The van der Waals surface area contributed by atoms with Gasteiger partial charge in [0.2, 0.25) is 5.91 Å². The molecule has 4 heteroatoms. The Balaban J connectivity index is 1.78. The molecule has 4 fully saturated rings. The van der Waals surface area contributed by atoms with Crippen molar-refractivity contribution in [2.45, 2.75) is 44.6 Å². The highest BCUT2D eigenvalue weighted by Gasteiger charge is 2.55. The Morgan fingerprint density at radius 3 is 2.21 bits per heavy atom. The summed E-state index contributed by atoms with van der Waals surface area (Å²) in [5.41, 5.74) is 6.38. The Morgan fingerprint density at radius 1 is 1.32 bits per heavy atom. The van der Waals surface area contributed by atoms with Crippen molar-refractivity contribution in [2.24, 2.45) is 28.9 Å². The molecule has 1 amide bonds. The third-order valence-corrected chi connectivity index (χ3v) is 5.70. The number of amides is 1. The monoisotopic (exact) mass is 261 g/mol. The van der Waals surface area contributed by atoms with Gasteiger partial charge >= 0.3 is 0 Å². The molecule has 0 saturated heterocycles. The van der Waals surface area contributed by atoms with E-state index in [0.717, 1.165) is 37.0 Å². The molecule has 4 rings (SSSR count). The first-order valence-electron chi connectivity index (χ1n) is 7.41. The largest absolute Gasteiger partial charge is 0.331 e. The summed E-state index contributed by atoms with van der Waals surface area (Å²) >= 11 is 0. The molecule has 4 aliphatic rings. The van der Waals surface area contributed by atoms with Crippen molar-refractivity contribution >= 4 is 5.91 Å². The van der Waals surface area contributed by atoms with Crippen molar-refractivity contribution in [2.75, 3.05) is 13.6 Å². The van der Waals surface area contributed by atoms with Crippen molar-refractivity contribution in [1.82, 2.24) is 4.90 Å². The molecule has 4 saturated carbocycles. The first-order valence-corrected chi connectivity index (χ1v) is 7.41. The summed E-state index contributed by atoms with van der Waals surface area (Å²) in [6, 6.07) is 1.62. The predicted octanol–water partition coefficient (Wildman–Crippen LogP) is 1.51. The van der Waals surface area contributed by atoms with E-state index in [2.05, 4.69) is 0 Å². The van der Waals surface area contributed by atoms with Gasteiger partial charge in [-0.25, -0.2) is 0 Å². The van der Waals surface area contributed by atoms with Gasteiger partial charge in [-0.05, 0) is 61.7 Å². The Labute approximate surface area is 114 Å². The summed E-state index contributed by atoms with van der Waals surface area (Å²) in [5, 5.41) is 8.72. The van der Waals surface area contributed by atoms with E-state index in [9.17, 15) is 4.79 Å². The molecule has 4 aliphatic carbocycles. The Kier molecular flexibility index (Phi) is 3.05. The van der Waals surface area contributed by atoms with Gasteiger partial charge in [-0.15, -0.1) is 0 Å². The van der Waals surface area contributed by atoms with Crippen LogP contribution in [0.4, 0.5) is 0 Å². The van der Waals surface area contributed by atoms with Crippen LogP contribution in [0.3, 0.4) is 0 Å². The topological polar surface area (TPSA) is 70.1 Å². The van der Waals surface area contributed by atoms with Gasteiger partial charge in [0.25, 0.3) is 0 Å². The molecular formula is C15H23N3O. The Bertz CT molecular complexity index is 390. The molecular weight excluding hydrogens is 238 g/mol. The van der Waals surface area contributed by atoms with Crippen LogP contribution in [-0.4, -0.2) is 30.4 Å². The molecule has 1 atom stereocenters. The Morgan fingerprint density at radius 2 is 1.79 bits per heavy atom. The fraction of sp³-hybridized carbons (Fsp3) is 0.867. The molecule has 0 radical (unpaired) electrons.